The number of hydrogen-bond donors (Lipinski definition) is 2. The van der Waals surface area contributed by atoms with E-state index >= 15 is 0 Å². The van der Waals surface area contributed by atoms with Crippen LogP contribution in [-0.4, -0.2) is 19.3 Å². The van der Waals surface area contributed by atoms with Crippen LogP contribution in [0.25, 0.3) is 0 Å². The van der Waals surface area contributed by atoms with E-state index in [2.05, 4.69) is 23.6 Å². The summed E-state index contributed by atoms with van der Waals surface area (Å²) >= 11 is 0. The highest BCUT2D eigenvalue weighted by Crippen LogP contribution is 2.56. The van der Waals surface area contributed by atoms with Crippen LogP contribution in [-0.2, 0) is 4.74 Å². The number of rotatable bonds is 6. The highest BCUT2D eigenvalue weighted by Gasteiger charge is 2.56. The monoisotopic (exact) mass is 196 g/mol. The lowest BCUT2D eigenvalue weighted by molar-refractivity contribution is -0.0687. The lowest BCUT2D eigenvalue weighted by Gasteiger charge is -2.62. The van der Waals surface area contributed by atoms with Crippen molar-refractivity contribution >= 4 is 0 Å². The van der Waals surface area contributed by atoms with Crippen molar-refractivity contribution in [2.75, 3.05) is 13.8 Å². The molecule has 3 aliphatic rings. The van der Waals surface area contributed by atoms with E-state index in [4.69, 9.17) is 4.74 Å². The molecule has 0 aromatic carbocycles. The molecule has 80 valence electrons. The Morgan fingerprint density at radius 1 is 1.50 bits per heavy atom. The Bertz CT molecular complexity index is 220. The van der Waals surface area contributed by atoms with Gasteiger partial charge in [-0.15, -0.1) is 0 Å². The Hall–Kier alpha value is -0.700. The van der Waals surface area contributed by atoms with E-state index in [1.54, 1.807) is 0 Å². The molecule has 3 nitrogen and oxygen atoms in total. The Balaban J connectivity index is 1.63. The van der Waals surface area contributed by atoms with Gasteiger partial charge in [0.05, 0.1) is 0 Å². The summed E-state index contributed by atoms with van der Waals surface area (Å²) in [5, 5.41) is 6.52. The van der Waals surface area contributed by atoms with Crippen molar-refractivity contribution in [3.8, 4) is 0 Å². The fraction of sp³-hybridized carbons (Fsp3) is 0.818. The van der Waals surface area contributed by atoms with Crippen molar-refractivity contribution in [2.24, 2.45) is 5.92 Å². The standard InChI is InChI=1S/C11H20N2O/c1-3-4-10(12-2)14-8-13-11-5-9(6-11)7-11/h4,9,12-13H,3,5-8H2,1-2H3/b10-4+. The molecule has 0 saturated heterocycles. The lowest BCUT2D eigenvalue weighted by Crippen LogP contribution is -2.67. The Labute approximate surface area is 85.9 Å². The zero-order chi connectivity index (χ0) is 10.0. The lowest BCUT2D eigenvalue weighted by atomic mass is 9.50. The van der Waals surface area contributed by atoms with E-state index in [0.717, 1.165) is 18.2 Å². The normalized spacial score (nSPS) is 34.4. The minimum absolute atomic E-state index is 0.468. The van der Waals surface area contributed by atoms with Crippen molar-refractivity contribution in [1.82, 2.24) is 10.6 Å². The molecular weight excluding hydrogens is 176 g/mol. The van der Waals surface area contributed by atoms with Gasteiger partial charge in [-0.3, -0.25) is 5.32 Å². The Kier molecular flexibility index (Phi) is 2.68. The maximum absolute atomic E-state index is 5.57. The molecule has 0 spiro atoms. The summed E-state index contributed by atoms with van der Waals surface area (Å²) in [5.41, 5.74) is 0.468. The van der Waals surface area contributed by atoms with E-state index in [1.165, 1.54) is 19.3 Å². The van der Waals surface area contributed by atoms with Gasteiger partial charge in [0, 0.05) is 12.6 Å². The average Bonchev–Trinajstić information content (AvgIpc) is 2.05. The first-order valence-corrected chi connectivity index (χ1v) is 5.54. The highest BCUT2D eigenvalue weighted by molar-refractivity contribution is 5.13. The molecule has 3 saturated carbocycles. The first-order valence-electron chi connectivity index (χ1n) is 5.54. The summed E-state index contributed by atoms with van der Waals surface area (Å²) in [5.74, 6) is 1.91. The maximum atomic E-state index is 5.57. The zero-order valence-corrected chi connectivity index (χ0v) is 9.10. The van der Waals surface area contributed by atoms with E-state index < -0.39 is 0 Å². The zero-order valence-electron chi connectivity index (χ0n) is 9.10. The van der Waals surface area contributed by atoms with E-state index in [-0.39, 0.29) is 0 Å². The predicted molar refractivity (Wildman–Crippen MR) is 56.6 cm³/mol. The Morgan fingerprint density at radius 3 is 2.64 bits per heavy atom. The van der Waals surface area contributed by atoms with Crippen LogP contribution < -0.4 is 10.6 Å². The molecule has 3 rings (SSSR count). The third-order valence-corrected chi connectivity index (χ3v) is 3.35. The summed E-state index contributed by atoms with van der Waals surface area (Å²) in [6.07, 6.45) is 7.15. The summed E-state index contributed by atoms with van der Waals surface area (Å²) in [7, 11) is 1.89. The molecule has 14 heavy (non-hydrogen) atoms. The van der Waals surface area contributed by atoms with Crippen LogP contribution in [0.5, 0.6) is 0 Å². The van der Waals surface area contributed by atoms with Gasteiger partial charge in [0.15, 0.2) is 5.88 Å². The summed E-state index contributed by atoms with van der Waals surface area (Å²) < 4.78 is 5.57. The molecule has 0 amide bonds. The van der Waals surface area contributed by atoms with E-state index in [0.29, 0.717) is 12.3 Å². The molecule has 3 fully saturated rings. The van der Waals surface area contributed by atoms with Gasteiger partial charge in [0.1, 0.15) is 6.73 Å². The van der Waals surface area contributed by atoms with Crippen molar-refractivity contribution in [2.45, 2.75) is 38.1 Å². The van der Waals surface area contributed by atoms with Crippen LogP contribution in [0.4, 0.5) is 0 Å². The average molecular weight is 196 g/mol. The number of ether oxygens (including phenoxy) is 1. The number of hydrogen-bond acceptors (Lipinski definition) is 3. The third kappa shape index (κ3) is 1.73. The first kappa shape index (κ1) is 9.84. The van der Waals surface area contributed by atoms with Gasteiger partial charge in [-0.2, -0.15) is 0 Å². The van der Waals surface area contributed by atoms with Gasteiger partial charge in [-0.05, 0) is 37.7 Å². The van der Waals surface area contributed by atoms with Gasteiger partial charge in [-0.1, -0.05) is 6.92 Å². The van der Waals surface area contributed by atoms with Gasteiger partial charge < -0.3 is 10.1 Å². The van der Waals surface area contributed by atoms with Gasteiger partial charge in [0.25, 0.3) is 0 Å². The highest BCUT2D eigenvalue weighted by atomic mass is 16.5. The molecule has 0 aliphatic heterocycles. The van der Waals surface area contributed by atoms with E-state index in [1.807, 2.05) is 7.05 Å². The van der Waals surface area contributed by atoms with Crippen molar-refractivity contribution in [1.29, 1.82) is 0 Å². The largest absolute Gasteiger partial charge is 0.464 e. The second kappa shape index (κ2) is 3.81. The summed E-state index contributed by atoms with van der Waals surface area (Å²) in [6.45, 7) is 2.74. The summed E-state index contributed by atoms with van der Waals surface area (Å²) in [6, 6.07) is 0. The molecule has 3 heteroatoms. The molecule has 0 heterocycles. The van der Waals surface area contributed by atoms with Crippen molar-refractivity contribution < 1.29 is 4.74 Å². The maximum Gasteiger partial charge on any atom is 0.183 e. The summed E-state index contributed by atoms with van der Waals surface area (Å²) in [4.78, 5) is 0. The predicted octanol–water partition coefficient (Wildman–Crippen LogP) is 1.57. The quantitative estimate of drug-likeness (QED) is 0.500. The van der Waals surface area contributed by atoms with Crippen LogP contribution in [0.1, 0.15) is 32.6 Å². The molecule has 0 radical (unpaired) electrons. The van der Waals surface area contributed by atoms with Crippen LogP contribution in [0.2, 0.25) is 0 Å². The SMILES string of the molecule is CC/C=C(\NC)OCNC12CC(C1)C2. The van der Waals surface area contributed by atoms with Crippen LogP contribution in [0, 0.1) is 5.92 Å². The number of allylic oxidation sites excluding steroid dienone is 1. The first-order chi connectivity index (χ1) is 6.78. The number of nitrogens with one attached hydrogen (secondary N) is 2. The molecule has 0 atom stereocenters. The van der Waals surface area contributed by atoms with Gasteiger partial charge in [-0.25, -0.2) is 0 Å². The third-order valence-electron chi connectivity index (χ3n) is 3.35. The molecule has 0 aromatic heterocycles. The van der Waals surface area contributed by atoms with E-state index in [9.17, 15) is 0 Å². The topological polar surface area (TPSA) is 33.3 Å². The molecular formula is C11H20N2O. The molecule has 2 bridgehead atoms. The van der Waals surface area contributed by atoms with Crippen molar-refractivity contribution in [3.63, 3.8) is 0 Å². The smallest absolute Gasteiger partial charge is 0.183 e. The van der Waals surface area contributed by atoms with Crippen LogP contribution >= 0.6 is 0 Å². The Morgan fingerprint density at radius 2 is 2.21 bits per heavy atom. The fourth-order valence-electron chi connectivity index (χ4n) is 2.38. The second-order valence-corrected chi connectivity index (χ2v) is 4.45. The molecule has 2 N–H and O–H groups in total. The fourth-order valence-corrected chi connectivity index (χ4v) is 2.38. The van der Waals surface area contributed by atoms with Gasteiger partial charge >= 0.3 is 0 Å². The van der Waals surface area contributed by atoms with Gasteiger partial charge in [0.2, 0.25) is 0 Å². The van der Waals surface area contributed by atoms with Crippen LogP contribution in [0.3, 0.4) is 0 Å². The molecule has 3 aliphatic carbocycles. The minimum Gasteiger partial charge on any atom is -0.464 e. The molecule has 0 unspecified atom stereocenters. The van der Waals surface area contributed by atoms with Crippen molar-refractivity contribution in [3.05, 3.63) is 12.0 Å². The molecule has 0 aromatic rings. The minimum atomic E-state index is 0.468. The second-order valence-electron chi connectivity index (χ2n) is 4.45. The van der Waals surface area contributed by atoms with Crippen LogP contribution in [0.15, 0.2) is 12.0 Å².